The van der Waals surface area contributed by atoms with Crippen LogP contribution in [0.4, 0.5) is 0 Å². The van der Waals surface area contributed by atoms with Crippen LogP contribution in [0.25, 0.3) is 0 Å². The summed E-state index contributed by atoms with van der Waals surface area (Å²) in [5, 5.41) is 0. The number of amides is 1. The molecule has 0 aliphatic carbocycles. The maximum Gasteiger partial charge on any atom is 0.235 e. The lowest BCUT2D eigenvalue weighted by Gasteiger charge is -2.09. The van der Waals surface area contributed by atoms with E-state index in [2.05, 4.69) is 4.72 Å². The minimum Gasteiger partial charge on any atom is -0.379 e. The van der Waals surface area contributed by atoms with Gasteiger partial charge in [-0.2, -0.15) is 0 Å². The monoisotopic (exact) mass is 279 g/mol. The molecule has 1 N–H and O–H groups in total. The van der Waals surface area contributed by atoms with E-state index in [9.17, 15) is 13.2 Å². The average molecular weight is 279 g/mol. The van der Waals surface area contributed by atoms with Gasteiger partial charge in [0.25, 0.3) is 0 Å². The first-order chi connectivity index (χ1) is 8.24. The Balaban J connectivity index is 3.75. The van der Waals surface area contributed by atoms with Crippen LogP contribution >= 0.6 is 0 Å². The first-order valence-corrected chi connectivity index (χ1v) is 8.05. The van der Waals surface area contributed by atoms with Crippen LogP contribution in [0.5, 0.6) is 0 Å². The van der Waals surface area contributed by atoms with Gasteiger partial charge in [-0.05, 0) is 26.7 Å². The Labute approximate surface area is 110 Å². The van der Waals surface area contributed by atoms with Crippen LogP contribution in [-0.2, 0) is 19.6 Å². The average Bonchev–Trinajstić information content (AvgIpc) is 2.21. The molecule has 0 saturated heterocycles. The van der Waals surface area contributed by atoms with E-state index in [1.165, 1.54) is 0 Å². The molecule has 0 spiro atoms. The number of ether oxygens (including phenoxy) is 1. The Morgan fingerprint density at radius 2 is 1.72 bits per heavy atom. The van der Waals surface area contributed by atoms with Gasteiger partial charge in [0.1, 0.15) is 0 Å². The normalized spacial score (nSPS) is 12.1. The molecule has 1 amide bonds. The van der Waals surface area contributed by atoms with E-state index in [-0.39, 0.29) is 17.8 Å². The van der Waals surface area contributed by atoms with Gasteiger partial charge >= 0.3 is 0 Å². The van der Waals surface area contributed by atoms with Gasteiger partial charge in [-0.25, -0.2) is 8.42 Å². The molecule has 0 saturated carbocycles. The number of nitrogens with one attached hydrogen (secondary N) is 1. The summed E-state index contributed by atoms with van der Waals surface area (Å²) < 4.78 is 30.5. The fourth-order valence-corrected chi connectivity index (χ4v) is 2.44. The zero-order valence-electron chi connectivity index (χ0n) is 11.7. The molecule has 0 radical (unpaired) electrons. The number of sulfonamides is 1. The van der Waals surface area contributed by atoms with Crippen molar-refractivity contribution in [2.24, 2.45) is 5.92 Å². The molecule has 5 nitrogen and oxygen atoms in total. The van der Waals surface area contributed by atoms with E-state index < -0.39 is 15.9 Å². The lowest BCUT2D eigenvalue weighted by Crippen LogP contribution is -2.35. The minimum absolute atomic E-state index is 0.00681. The van der Waals surface area contributed by atoms with E-state index in [1.807, 2.05) is 13.8 Å². The third-order valence-electron chi connectivity index (χ3n) is 2.29. The van der Waals surface area contributed by atoms with Crippen molar-refractivity contribution in [2.75, 3.05) is 12.4 Å². The van der Waals surface area contributed by atoms with Gasteiger partial charge in [-0.15, -0.1) is 0 Å². The van der Waals surface area contributed by atoms with Crippen LogP contribution < -0.4 is 4.72 Å². The van der Waals surface area contributed by atoms with Crippen molar-refractivity contribution in [3.05, 3.63) is 0 Å². The van der Waals surface area contributed by atoms with Crippen LogP contribution in [-0.4, -0.2) is 32.8 Å². The van der Waals surface area contributed by atoms with Gasteiger partial charge in [0.15, 0.2) is 0 Å². The highest BCUT2D eigenvalue weighted by atomic mass is 32.2. The number of hydrogen-bond donors (Lipinski definition) is 1. The van der Waals surface area contributed by atoms with Gasteiger partial charge < -0.3 is 4.74 Å². The first kappa shape index (κ1) is 17.4. The number of carbonyl (C=O) groups is 1. The van der Waals surface area contributed by atoms with E-state index in [4.69, 9.17) is 4.74 Å². The molecule has 0 aromatic carbocycles. The maximum atomic E-state index is 11.5. The molecule has 108 valence electrons. The number of hydrogen-bond acceptors (Lipinski definition) is 4. The Morgan fingerprint density at radius 3 is 2.22 bits per heavy atom. The molecule has 0 aliphatic rings. The first-order valence-electron chi connectivity index (χ1n) is 6.40. The van der Waals surface area contributed by atoms with E-state index in [0.29, 0.717) is 13.0 Å². The lowest BCUT2D eigenvalue weighted by atomic mass is 10.2. The topological polar surface area (TPSA) is 72.5 Å². The predicted octanol–water partition coefficient (Wildman–Crippen LogP) is 1.68. The van der Waals surface area contributed by atoms with Crippen molar-refractivity contribution in [1.82, 2.24) is 4.72 Å². The second-order valence-electron chi connectivity index (χ2n) is 4.92. The second-order valence-corrected chi connectivity index (χ2v) is 6.76. The van der Waals surface area contributed by atoms with Crippen LogP contribution in [0, 0.1) is 5.92 Å². The third kappa shape index (κ3) is 9.41. The number of unbranched alkanes of at least 4 members (excludes halogenated alkanes) is 2. The van der Waals surface area contributed by atoms with Crippen molar-refractivity contribution in [3.8, 4) is 0 Å². The molecule has 0 heterocycles. The molecule has 0 unspecified atom stereocenters. The molecule has 0 fully saturated rings. The molecule has 18 heavy (non-hydrogen) atoms. The molecular weight excluding hydrogens is 254 g/mol. The van der Waals surface area contributed by atoms with E-state index in [0.717, 1.165) is 12.8 Å². The highest BCUT2D eigenvalue weighted by Crippen LogP contribution is 2.02. The van der Waals surface area contributed by atoms with E-state index >= 15 is 0 Å². The SMILES string of the molecule is CC(C)OCCCCCS(=O)(=O)NC(=O)C(C)C. The van der Waals surface area contributed by atoms with Crippen molar-refractivity contribution < 1.29 is 17.9 Å². The summed E-state index contributed by atoms with van der Waals surface area (Å²) in [5.41, 5.74) is 0. The quantitative estimate of drug-likeness (QED) is 0.652. The smallest absolute Gasteiger partial charge is 0.235 e. The zero-order chi connectivity index (χ0) is 14.2. The van der Waals surface area contributed by atoms with Gasteiger partial charge in [0, 0.05) is 12.5 Å². The van der Waals surface area contributed by atoms with Gasteiger partial charge in [-0.3, -0.25) is 9.52 Å². The van der Waals surface area contributed by atoms with Gasteiger partial charge in [0.2, 0.25) is 15.9 Å². The highest BCUT2D eigenvalue weighted by molar-refractivity contribution is 7.90. The van der Waals surface area contributed by atoms with Crippen molar-refractivity contribution in [1.29, 1.82) is 0 Å². The van der Waals surface area contributed by atoms with Crippen LogP contribution in [0.2, 0.25) is 0 Å². The van der Waals surface area contributed by atoms with Crippen molar-refractivity contribution in [3.63, 3.8) is 0 Å². The summed E-state index contributed by atoms with van der Waals surface area (Å²) in [6.45, 7) is 7.90. The van der Waals surface area contributed by atoms with Crippen LogP contribution in [0.3, 0.4) is 0 Å². The minimum atomic E-state index is -3.47. The third-order valence-corrected chi connectivity index (χ3v) is 3.63. The molecule has 0 aliphatic heterocycles. The molecule has 0 atom stereocenters. The molecule has 0 aromatic heterocycles. The Hall–Kier alpha value is -0.620. The molecular formula is C12H25NO4S. The summed E-state index contributed by atoms with van der Waals surface area (Å²) in [6.07, 6.45) is 2.37. The standard InChI is InChI=1S/C12H25NO4S/c1-10(2)12(14)13-18(15,16)9-7-5-6-8-17-11(3)4/h10-11H,5-9H2,1-4H3,(H,13,14). The Morgan fingerprint density at radius 1 is 1.11 bits per heavy atom. The maximum absolute atomic E-state index is 11.5. The summed E-state index contributed by atoms with van der Waals surface area (Å²) in [6, 6.07) is 0. The Kier molecular flexibility index (Phi) is 8.18. The summed E-state index contributed by atoms with van der Waals surface area (Å²) >= 11 is 0. The molecule has 0 bridgehead atoms. The van der Waals surface area contributed by atoms with Gasteiger partial charge in [0.05, 0.1) is 11.9 Å². The fourth-order valence-electron chi connectivity index (χ4n) is 1.21. The van der Waals surface area contributed by atoms with Crippen LogP contribution in [0.15, 0.2) is 0 Å². The lowest BCUT2D eigenvalue weighted by molar-refractivity contribution is -0.122. The molecule has 0 rings (SSSR count). The molecule has 0 aromatic rings. The Bertz CT molecular complexity index is 336. The summed E-state index contributed by atoms with van der Waals surface area (Å²) in [5.74, 6) is -0.773. The largest absolute Gasteiger partial charge is 0.379 e. The van der Waals surface area contributed by atoms with Crippen molar-refractivity contribution >= 4 is 15.9 Å². The molecule has 6 heteroatoms. The zero-order valence-corrected chi connectivity index (χ0v) is 12.5. The van der Waals surface area contributed by atoms with Crippen molar-refractivity contribution in [2.45, 2.75) is 53.1 Å². The fraction of sp³-hybridized carbons (Fsp3) is 0.917. The van der Waals surface area contributed by atoms with Gasteiger partial charge in [-0.1, -0.05) is 20.3 Å². The number of rotatable bonds is 9. The summed E-state index contributed by atoms with van der Waals surface area (Å²) in [4.78, 5) is 11.3. The predicted molar refractivity (Wildman–Crippen MR) is 71.7 cm³/mol. The highest BCUT2D eigenvalue weighted by Gasteiger charge is 2.16. The summed E-state index contributed by atoms with van der Waals surface area (Å²) in [7, 11) is -3.47. The second kappa shape index (κ2) is 8.48. The number of carbonyl (C=O) groups excluding carboxylic acids is 1. The van der Waals surface area contributed by atoms with Crippen LogP contribution in [0.1, 0.15) is 47.0 Å². The van der Waals surface area contributed by atoms with E-state index in [1.54, 1.807) is 13.8 Å².